The Morgan fingerprint density at radius 1 is 1.23 bits per heavy atom. The fraction of sp³-hybridized carbons (Fsp3) is 0.611. The van der Waals surface area contributed by atoms with Crippen molar-refractivity contribution >= 4 is 5.91 Å². The fourth-order valence-corrected chi connectivity index (χ4v) is 2.83. The van der Waals surface area contributed by atoms with Crippen LogP contribution in [0.5, 0.6) is 0 Å². The number of nitrogens with one attached hydrogen (secondary N) is 2. The molecule has 0 radical (unpaired) electrons. The summed E-state index contributed by atoms with van der Waals surface area (Å²) in [5.41, 5.74) is 7.64. The van der Waals surface area contributed by atoms with Gasteiger partial charge in [0.15, 0.2) is 0 Å². The molecular weight excluding hydrogens is 274 g/mol. The number of amides is 1. The molecule has 0 saturated carbocycles. The molecule has 0 aliphatic carbocycles. The first-order chi connectivity index (χ1) is 10.5. The summed E-state index contributed by atoms with van der Waals surface area (Å²) in [5, 5.41) is 0. The summed E-state index contributed by atoms with van der Waals surface area (Å²) in [6.07, 6.45) is 1.82. The van der Waals surface area contributed by atoms with E-state index in [-0.39, 0.29) is 18.0 Å². The Morgan fingerprint density at radius 2 is 1.91 bits per heavy atom. The SMILES string of the molecule is CCC(C)N(Cc1ccccc1)C(=O)C1CC(C(C)C)NN1. The lowest BCUT2D eigenvalue weighted by Crippen LogP contribution is -2.48. The molecule has 0 aromatic heterocycles. The van der Waals surface area contributed by atoms with Gasteiger partial charge in [-0.25, -0.2) is 5.43 Å². The number of carbonyl (C=O) groups excluding carboxylic acids is 1. The van der Waals surface area contributed by atoms with Gasteiger partial charge in [-0.15, -0.1) is 0 Å². The van der Waals surface area contributed by atoms with E-state index in [1.54, 1.807) is 0 Å². The van der Waals surface area contributed by atoms with Crippen molar-refractivity contribution in [2.24, 2.45) is 5.92 Å². The van der Waals surface area contributed by atoms with Crippen LogP contribution in [-0.4, -0.2) is 28.9 Å². The van der Waals surface area contributed by atoms with Crippen LogP contribution in [0.15, 0.2) is 30.3 Å². The summed E-state index contributed by atoms with van der Waals surface area (Å²) >= 11 is 0. The van der Waals surface area contributed by atoms with Gasteiger partial charge in [-0.3, -0.25) is 10.2 Å². The molecule has 22 heavy (non-hydrogen) atoms. The molecule has 4 nitrogen and oxygen atoms in total. The molecule has 3 atom stereocenters. The van der Waals surface area contributed by atoms with Crippen molar-refractivity contribution in [1.29, 1.82) is 0 Å². The third kappa shape index (κ3) is 4.08. The number of hydrogen-bond acceptors (Lipinski definition) is 3. The molecule has 3 unspecified atom stereocenters. The Hall–Kier alpha value is -1.39. The van der Waals surface area contributed by atoms with Crippen molar-refractivity contribution in [2.45, 2.75) is 65.2 Å². The van der Waals surface area contributed by atoms with Crippen LogP contribution in [0, 0.1) is 5.92 Å². The molecular formula is C18H29N3O. The molecule has 2 N–H and O–H groups in total. The van der Waals surface area contributed by atoms with Gasteiger partial charge in [0.25, 0.3) is 0 Å². The zero-order chi connectivity index (χ0) is 16.1. The lowest BCUT2D eigenvalue weighted by molar-refractivity contribution is -0.136. The summed E-state index contributed by atoms with van der Waals surface area (Å²) in [4.78, 5) is 15.0. The van der Waals surface area contributed by atoms with Crippen LogP contribution in [0.25, 0.3) is 0 Å². The zero-order valence-electron chi connectivity index (χ0n) is 14.2. The second-order valence-corrected chi connectivity index (χ2v) is 6.64. The highest BCUT2D eigenvalue weighted by Gasteiger charge is 2.34. The van der Waals surface area contributed by atoms with Crippen molar-refractivity contribution in [3.05, 3.63) is 35.9 Å². The standard InChI is InChI=1S/C18H29N3O/c1-5-14(4)21(12-15-9-7-6-8-10-15)18(22)17-11-16(13(2)3)19-20-17/h6-10,13-14,16-17,19-20H,5,11-12H2,1-4H3. The van der Waals surface area contributed by atoms with Gasteiger partial charge in [0, 0.05) is 18.6 Å². The maximum absolute atomic E-state index is 12.9. The van der Waals surface area contributed by atoms with Crippen LogP contribution in [-0.2, 0) is 11.3 Å². The second kappa shape index (κ2) is 7.75. The third-order valence-electron chi connectivity index (χ3n) is 4.64. The molecule has 0 bridgehead atoms. The second-order valence-electron chi connectivity index (χ2n) is 6.64. The van der Waals surface area contributed by atoms with Crippen LogP contribution in [0.1, 0.15) is 46.1 Å². The molecule has 1 saturated heterocycles. The Morgan fingerprint density at radius 3 is 2.45 bits per heavy atom. The highest BCUT2D eigenvalue weighted by molar-refractivity contribution is 5.82. The van der Waals surface area contributed by atoms with Gasteiger partial charge in [-0.1, -0.05) is 51.1 Å². The van der Waals surface area contributed by atoms with Crippen molar-refractivity contribution in [3.8, 4) is 0 Å². The maximum Gasteiger partial charge on any atom is 0.241 e. The minimum atomic E-state index is -0.120. The highest BCUT2D eigenvalue weighted by atomic mass is 16.2. The topological polar surface area (TPSA) is 44.4 Å². The Bertz CT molecular complexity index is 474. The molecule has 1 aliphatic rings. The van der Waals surface area contributed by atoms with Gasteiger partial charge in [-0.2, -0.15) is 0 Å². The summed E-state index contributed by atoms with van der Waals surface area (Å²) in [5.74, 6) is 0.727. The van der Waals surface area contributed by atoms with Crippen LogP contribution >= 0.6 is 0 Å². The van der Waals surface area contributed by atoms with Crippen LogP contribution < -0.4 is 10.9 Å². The average molecular weight is 303 g/mol. The van der Waals surface area contributed by atoms with E-state index in [0.717, 1.165) is 12.8 Å². The first-order valence-corrected chi connectivity index (χ1v) is 8.38. The number of nitrogens with zero attached hydrogens (tertiary/aromatic N) is 1. The quantitative estimate of drug-likeness (QED) is 0.849. The monoisotopic (exact) mass is 303 g/mol. The average Bonchev–Trinajstić information content (AvgIpc) is 3.02. The zero-order valence-corrected chi connectivity index (χ0v) is 14.2. The fourth-order valence-electron chi connectivity index (χ4n) is 2.83. The number of rotatable bonds is 6. The molecule has 1 fully saturated rings. The first kappa shape index (κ1) is 17.0. The minimum absolute atomic E-state index is 0.120. The number of hydrogen-bond donors (Lipinski definition) is 2. The van der Waals surface area contributed by atoms with Gasteiger partial charge >= 0.3 is 0 Å². The molecule has 1 amide bonds. The summed E-state index contributed by atoms with van der Waals surface area (Å²) in [7, 11) is 0. The summed E-state index contributed by atoms with van der Waals surface area (Å²) in [6, 6.07) is 10.7. The van der Waals surface area contributed by atoms with Crippen LogP contribution in [0.2, 0.25) is 0 Å². The van der Waals surface area contributed by atoms with E-state index in [9.17, 15) is 4.79 Å². The highest BCUT2D eigenvalue weighted by Crippen LogP contribution is 2.18. The molecule has 4 heteroatoms. The smallest absolute Gasteiger partial charge is 0.241 e. The normalized spacial score (nSPS) is 22.8. The summed E-state index contributed by atoms with van der Waals surface area (Å²) < 4.78 is 0. The van der Waals surface area contributed by atoms with Crippen molar-refractivity contribution in [3.63, 3.8) is 0 Å². The maximum atomic E-state index is 12.9. The summed E-state index contributed by atoms with van der Waals surface area (Å²) in [6.45, 7) is 9.31. The van der Waals surface area contributed by atoms with Gasteiger partial charge < -0.3 is 4.90 Å². The van der Waals surface area contributed by atoms with E-state index in [1.807, 2.05) is 23.1 Å². The predicted molar refractivity (Wildman–Crippen MR) is 90.0 cm³/mol. The molecule has 1 aliphatic heterocycles. The van der Waals surface area contributed by atoms with E-state index in [4.69, 9.17) is 0 Å². The van der Waals surface area contributed by atoms with Gasteiger partial charge in [0.2, 0.25) is 5.91 Å². The lowest BCUT2D eigenvalue weighted by Gasteiger charge is -2.31. The molecule has 1 aromatic carbocycles. The third-order valence-corrected chi connectivity index (χ3v) is 4.64. The number of benzene rings is 1. The molecule has 1 aromatic rings. The van der Waals surface area contributed by atoms with E-state index in [0.29, 0.717) is 18.5 Å². The Labute approximate surface area is 134 Å². The number of hydrazine groups is 1. The molecule has 2 rings (SSSR count). The van der Waals surface area contributed by atoms with E-state index < -0.39 is 0 Å². The Balaban J connectivity index is 2.07. The van der Waals surface area contributed by atoms with Gasteiger partial charge in [0.1, 0.15) is 6.04 Å². The van der Waals surface area contributed by atoms with Gasteiger partial charge in [0.05, 0.1) is 0 Å². The van der Waals surface area contributed by atoms with E-state index in [2.05, 4.69) is 50.7 Å². The lowest BCUT2D eigenvalue weighted by atomic mass is 9.98. The van der Waals surface area contributed by atoms with E-state index >= 15 is 0 Å². The Kier molecular flexibility index (Phi) is 5.98. The van der Waals surface area contributed by atoms with E-state index in [1.165, 1.54) is 5.56 Å². The van der Waals surface area contributed by atoms with Crippen molar-refractivity contribution in [2.75, 3.05) is 0 Å². The van der Waals surface area contributed by atoms with Crippen LogP contribution in [0.4, 0.5) is 0 Å². The van der Waals surface area contributed by atoms with Crippen molar-refractivity contribution in [1.82, 2.24) is 15.8 Å². The predicted octanol–water partition coefficient (Wildman–Crippen LogP) is 2.70. The molecule has 122 valence electrons. The first-order valence-electron chi connectivity index (χ1n) is 8.38. The van der Waals surface area contributed by atoms with Crippen LogP contribution in [0.3, 0.4) is 0 Å². The molecule has 0 spiro atoms. The van der Waals surface area contributed by atoms with Crippen molar-refractivity contribution < 1.29 is 4.79 Å². The number of carbonyl (C=O) groups is 1. The largest absolute Gasteiger partial charge is 0.334 e. The molecule has 1 heterocycles. The van der Waals surface area contributed by atoms with Gasteiger partial charge in [-0.05, 0) is 31.2 Å². The minimum Gasteiger partial charge on any atom is -0.334 e.